The molecular formula is C16H27FN4O2. The summed E-state index contributed by atoms with van der Waals surface area (Å²) in [6.07, 6.45) is 2.90. The maximum absolute atomic E-state index is 13.9. The van der Waals surface area contributed by atoms with Crippen LogP contribution in [-0.2, 0) is 23.1 Å². The molecular weight excluding hydrogens is 299 g/mol. The summed E-state index contributed by atoms with van der Waals surface area (Å²) in [6.45, 7) is 5.69. The third-order valence-electron chi connectivity index (χ3n) is 4.25. The lowest BCUT2D eigenvalue weighted by Crippen LogP contribution is -2.44. The Labute approximate surface area is 137 Å². The molecule has 7 heteroatoms. The number of ether oxygens (including phenoxy) is 1. The fourth-order valence-electron chi connectivity index (χ4n) is 3.13. The van der Waals surface area contributed by atoms with E-state index >= 15 is 0 Å². The number of likely N-dealkylation sites (N-methyl/N-ethyl adjacent to an activating group) is 1. The van der Waals surface area contributed by atoms with Crippen LogP contribution in [0.4, 0.5) is 4.39 Å². The molecule has 1 fully saturated rings. The zero-order valence-electron chi connectivity index (χ0n) is 14.4. The van der Waals surface area contributed by atoms with Gasteiger partial charge in [-0.3, -0.25) is 14.4 Å². The first-order valence-corrected chi connectivity index (χ1v) is 8.13. The average Bonchev–Trinajstić information content (AvgIpc) is 3.04. The van der Waals surface area contributed by atoms with Crippen LogP contribution in [0.3, 0.4) is 0 Å². The SMILES string of the molecule is CCO[C@H](C)C(=O)N(C)C[C@@H]1C[C@H](F)CN1Cc1cnn(C)c1. The molecule has 0 saturated carbocycles. The van der Waals surface area contributed by atoms with Crippen molar-refractivity contribution >= 4 is 5.91 Å². The predicted octanol–water partition coefficient (Wildman–Crippen LogP) is 1.22. The maximum atomic E-state index is 13.9. The number of amides is 1. The molecule has 0 aliphatic carbocycles. The van der Waals surface area contributed by atoms with Gasteiger partial charge in [0, 0.05) is 58.1 Å². The van der Waals surface area contributed by atoms with Crippen LogP contribution in [0.25, 0.3) is 0 Å². The number of halogens is 1. The van der Waals surface area contributed by atoms with Gasteiger partial charge in [0.05, 0.1) is 6.20 Å². The summed E-state index contributed by atoms with van der Waals surface area (Å²) in [5, 5.41) is 4.15. The Morgan fingerprint density at radius 2 is 2.35 bits per heavy atom. The van der Waals surface area contributed by atoms with Gasteiger partial charge in [-0.15, -0.1) is 0 Å². The number of carbonyl (C=O) groups is 1. The lowest BCUT2D eigenvalue weighted by molar-refractivity contribution is -0.141. The van der Waals surface area contributed by atoms with Crippen LogP contribution < -0.4 is 0 Å². The Balaban J connectivity index is 1.94. The topological polar surface area (TPSA) is 50.6 Å². The van der Waals surface area contributed by atoms with E-state index in [0.717, 1.165) is 5.56 Å². The van der Waals surface area contributed by atoms with E-state index in [2.05, 4.69) is 10.00 Å². The average molecular weight is 326 g/mol. The van der Waals surface area contributed by atoms with E-state index in [1.165, 1.54) is 0 Å². The van der Waals surface area contributed by atoms with Crippen molar-refractivity contribution in [3.63, 3.8) is 0 Å². The number of hydrogen-bond acceptors (Lipinski definition) is 4. The number of carbonyl (C=O) groups excluding carboxylic acids is 1. The highest BCUT2D eigenvalue weighted by Gasteiger charge is 2.34. The molecule has 2 heterocycles. The van der Waals surface area contributed by atoms with Gasteiger partial charge in [0.15, 0.2) is 0 Å². The molecule has 0 unspecified atom stereocenters. The summed E-state index contributed by atoms with van der Waals surface area (Å²) < 4.78 is 21.0. The summed E-state index contributed by atoms with van der Waals surface area (Å²) >= 11 is 0. The first-order chi connectivity index (χ1) is 10.9. The van der Waals surface area contributed by atoms with E-state index in [1.807, 2.05) is 20.2 Å². The normalized spacial score (nSPS) is 23.2. The van der Waals surface area contributed by atoms with Crippen LogP contribution >= 0.6 is 0 Å². The van der Waals surface area contributed by atoms with E-state index in [1.54, 1.807) is 29.7 Å². The van der Waals surface area contributed by atoms with Crippen LogP contribution in [-0.4, -0.2) is 70.5 Å². The smallest absolute Gasteiger partial charge is 0.251 e. The highest BCUT2D eigenvalue weighted by atomic mass is 19.1. The number of nitrogens with zero attached hydrogens (tertiary/aromatic N) is 4. The Kier molecular flexibility index (Phi) is 6.12. The third kappa shape index (κ3) is 4.75. The molecule has 6 nitrogen and oxygen atoms in total. The lowest BCUT2D eigenvalue weighted by Gasteiger charge is -2.29. The standard InChI is InChI=1S/C16H27FN4O2/c1-5-23-12(2)16(22)19(3)11-15-6-14(17)10-21(15)9-13-7-18-20(4)8-13/h7-8,12,14-15H,5-6,9-11H2,1-4H3/t12-,14+,15+/m1/s1. The van der Waals surface area contributed by atoms with Gasteiger partial charge in [0.2, 0.25) is 0 Å². The minimum atomic E-state index is -0.843. The number of alkyl halides is 1. The van der Waals surface area contributed by atoms with E-state index in [-0.39, 0.29) is 11.9 Å². The molecule has 0 N–H and O–H groups in total. The number of aromatic nitrogens is 2. The molecule has 23 heavy (non-hydrogen) atoms. The summed E-state index contributed by atoms with van der Waals surface area (Å²) in [5.74, 6) is -0.0597. The van der Waals surface area contributed by atoms with Crippen molar-refractivity contribution in [3.8, 4) is 0 Å². The summed E-state index contributed by atoms with van der Waals surface area (Å²) in [7, 11) is 3.62. The number of rotatable bonds is 7. The van der Waals surface area contributed by atoms with Gasteiger partial charge in [-0.2, -0.15) is 5.10 Å². The third-order valence-corrected chi connectivity index (χ3v) is 4.25. The second-order valence-electron chi connectivity index (χ2n) is 6.25. The van der Waals surface area contributed by atoms with Crippen LogP contribution in [0.5, 0.6) is 0 Å². The zero-order chi connectivity index (χ0) is 17.0. The van der Waals surface area contributed by atoms with Crippen LogP contribution in [0.2, 0.25) is 0 Å². The molecule has 1 amide bonds. The number of likely N-dealkylation sites (tertiary alicyclic amines) is 1. The fourth-order valence-corrected chi connectivity index (χ4v) is 3.13. The molecule has 2 rings (SSSR count). The minimum absolute atomic E-state index is 0.0213. The molecule has 0 spiro atoms. The summed E-state index contributed by atoms with van der Waals surface area (Å²) in [4.78, 5) is 16.0. The van der Waals surface area contributed by atoms with Crippen molar-refractivity contribution < 1.29 is 13.9 Å². The molecule has 1 aromatic heterocycles. The molecule has 130 valence electrons. The first kappa shape index (κ1) is 17.9. The Morgan fingerprint density at radius 3 is 2.96 bits per heavy atom. The summed E-state index contributed by atoms with van der Waals surface area (Å²) in [5.41, 5.74) is 1.06. The first-order valence-electron chi connectivity index (χ1n) is 8.13. The second-order valence-corrected chi connectivity index (χ2v) is 6.25. The lowest BCUT2D eigenvalue weighted by atomic mass is 10.2. The van der Waals surface area contributed by atoms with Gasteiger partial charge in [0.1, 0.15) is 12.3 Å². The van der Waals surface area contributed by atoms with Gasteiger partial charge >= 0.3 is 0 Å². The molecule has 1 aromatic rings. The van der Waals surface area contributed by atoms with Crippen molar-refractivity contribution in [2.24, 2.45) is 7.05 Å². The molecule has 1 saturated heterocycles. The van der Waals surface area contributed by atoms with Crippen LogP contribution in [0.1, 0.15) is 25.8 Å². The molecule has 0 radical (unpaired) electrons. The number of hydrogen-bond donors (Lipinski definition) is 0. The largest absolute Gasteiger partial charge is 0.369 e. The van der Waals surface area contributed by atoms with E-state index in [9.17, 15) is 9.18 Å². The van der Waals surface area contributed by atoms with Gasteiger partial charge in [-0.1, -0.05) is 0 Å². The molecule has 1 aliphatic rings. The van der Waals surface area contributed by atoms with E-state index in [4.69, 9.17) is 4.74 Å². The highest BCUT2D eigenvalue weighted by molar-refractivity contribution is 5.80. The van der Waals surface area contributed by atoms with Gasteiger partial charge in [-0.05, 0) is 20.3 Å². The molecule has 0 bridgehead atoms. The Bertz CT molecular complexity index is 522. The molecule has 1 aliphatic heterocycles. The Morgan fingerprint density at radius 1 is 1.61 bits per heavy atom. The minimum Gasteiger partial charge on any atom is -0.369 e. The zero-order valence-corrected chi connectivity index (χ0v) is 14.4. The monoisotopic (exact) mass is 326 g/mol. The summed E-state index contributed by atoms with van der Waals surface area (Å²) in [6, 6.07) is 0.0213. The van der Waals surface area contributed by atoms with Gasteiger partial charge in [0.25, 0.3) is 5.91 Å². The van der Waals surface area contributed by atoms with Crippen molar-refractivity contribution in [2.75, 3.05) is 26.7 Å². The Hall–Kier alpha value is -1.47. The van der Waals surface area contributed by atoms with Crippen molar-refractivity contribution in [2.45, 2.75) is 45.1 Å². The fraction of sp³-hybridized carbons (Fsp3) is 0.750. The van der Waals surface area contributed by atoms with Gasteiger partial charge in [-0.25, -0.2) is 4.39 Å². The van der Waals surface area contributed by atoms with Crippen molar-refractivity contribution in [3.05, 3.63) is 18.0 Å². The van der Waals surface area contributed by atoms with E-state index < -0.39 is 12.3 Å². The predicted molar refractivity (Wildman–Crippen MR) is 85.6 cm³/mol. The highest BCUT2D eigenvalue weighted by Crippen LogP contribution is 2.23. The molecule has 0 aromatic carbocycles. The van der Waals surface area contributed by atoms with E-state index in [0.29, 0.717) is 32.7 Å². The van der Waals surface area contributed by atoms with Crippen LogP contribution in [0, 0.1) is 0 Å². The maximum Gasteiger partial charge on any atom is 0.251 e. The number of aryl methyl sites for hydroxylation is 1. The van der Waals surface area contributed by atoms with Crippen LogP contribution in [0.15, 0.2) is 12.4 Å². The van der Waals surface area contributed by atoms with Crippen molar-refractivity contribution in [1.29, 1.82) is 0 Å². The quantitative estimate of drug-likeness (QED) is 0.756. The van der Waals surface area contributed by atoms with Gasteiger partial charge < -0.3 is 9.64 Å². The second kappa shape index (κ2) is 7.88. The van der Waals surface area contributed by atoms with Crippen molar-refractivity contribution in [1.82, 2.24) is 19.6 Å². The molecule has 3 atom stereocenters.